The highest BCUT2D eigenvalue weighted by atomic mass is 32.1. The second kappa shape index (κ2) is 7.88. The number of rotatable bonds is 5. The summed E-state index contributed by atoms with van der Waals surface area (Å²) in [5.41, 5.74) is 1.30. The Labute approximate surface area is 145 Å². The van der Waals surface area contributed by atoms with Gasteiger partial charge < -0.3 is 10.2 Å². The monoisotopic (exact) mass is 347 g/mol. The summed E-state index contributed by atoms with van der Waals surface area (Å²) in [6.45, 7) is 4.44. The second-order valence-corrected chi connectivity index (χ2v) is 6.88. The average Bonchev–Trinajstić information content (AvgIpc) is 3.11. The van der Waals surface area contributed by atoms with E-state index < -0.39 is 5.82 Å². The van der Waals surface area contributed by atoms with Crippen LogP contribution in [0.25, 0.3) is 0 Å². The smallest absolute Gasteiger partial charge is 0.254 e. The molecule has 128 valence electrons. The number of nitrogens with zero attached hydrogens (tertiary/aromatic N) is 2. The highest BCUT2D eigenvalue weighted by molar-refractivity contribution is 7.07. The van der Waals surface area contributed by atoms with Gasteiger partial charge in [0.1, 0.15) is 5.82 Å². The molecule has 3 rings (SSSR count). The number of nitrogens with one attached hydrogen (secondary N) is 1. The van der Waals surface area contributed by atoms with Crippen molar-refractivity contribution < 1.29 is 9.18 Å². The minimum Gasteiger partial charge on any atom is -0.350 e. The molecule has 0 unspecified atom stereocenters. The average molecular weight is 347 g/mol. The van der Waals surface area contributed by atoms with Gasteiger partial charge in [-0.05, 0) is 41.6 Å². The number of carbonyl (C=O) groups excluding carboxylic acids is 1. The molecule has 1 atom stereocenters. The van der Waals surface area contributed by atoms with Crippen molar-refractivity contribution in [2.45, 2.75) is 6.04 Å². The van der Waals surface area contributed by atoms with Crippen LogP contribution in [0.5, 0.6) is 0 Å². The van der Waals surface area contributed by atoms with Crippen molar-refractivity contribution in [1.29, 1.82) is 0 Å². The first-order chi connectivity index (χ1) is 11.6. The summed E-state index contributed by atoms with van der Waals surface area (Å²) >= 11 is 1.66. The number of carbonyl (C=O) groups is 1. The van der Waals surface area contributed by atoms with Crippen LogP contribution in [0.4, 0.5) is 4.39 Å². The maximum atomic E-state index is 13.8. The zero-order chi connectivity index (χ0) is 16.9. The zero-order valence-electron chi connectivity index (χ0n) is 13.7. The lowest BCUT2D eigenvalue weighted by Gasteiger charge is -2.38. The van der Waals surface area contributed by atoms with Gasteiger partial charge in [-0.25, -0.2) is 4.39 Å². The molecule has 0 saturated carbocycles. The Morgan fingerprint density at radius 1 is 1.25 bits per heavy atom. The normalized spacial score (nSPS) is 17.6. The predicted molar refractivity (Wildman–Crippen MR) is 94.9 cm³/mol. The molecule has 0 bridgehead atoms. The van der Waals surface area contributed by atoms with E-state index in [9.17, 15) is 9.18 Å². The number of hydrogen-bond acceptors (Lipinski definition) is 4. The molecule has 2 aromatic rings. The second-order valence-electron chi connectivity index (χ2n) is 6.10. The van der Waals surface area contributed by atoms with E-state index in [2.05, 4.69) is 39.0 Å². The van der Waals surface area contributed by atoms with Gasteiger partial charge in [-0.2, -0.15) is 11.3 Å². The summed E-state index contributed by atoms with van der Waals surface area (Å²) in [5.74, 6) is -0.843. The first-order valence-corrected chi connectivity index (χ1v) is 9.07. The Balaban J connectivity index is 1.68. The first-order valence-electron chi connectivity index (χ1n) is 8.12. The van der Waals surface area contributed by atoms with E-state index in [4.69, 9.17) is 0 Å². The Bertz CT molecular complexity index is 669. The van der Waals surface area contributed by atoms with E-state index in [0.717, 1.165) is 26.2 Å². The van der Waals surface area contributed by atoms with Crippen LogP contribution in [0.1, 0.15) is 22.0 Å². The van der Waals surface area contributed by atoms with Crippen molar-refractivity contribution in [1.82, 2.24) is 15.1 Å². The third-order valence-corrected chi connectivity index (χ3v) is 5.18. The number of benzene rings is 1. The fourth-order valence-electron chi connectivity index (χ4n) is 2.99. The fraction of sp³-hybridized carbons (Fsp3) is 0.389. The number of piperazine rings is 1. The van der Waals surface area contributed by atoms with Crippen LogP contribution in [0.15, 0.2) is 41.1 Å². The minimum atomic E-state index is -0.485. The van der Waals surface area contributed by atoms with Crippen molar-refractivity contribution in [2.75, 3.05) is 39.8 Å². The Morgan fingerprint density at radius 2 is 2.00 bits per heavy atom. The molecule has 1 aliphatic rings. The number of hydrogen-bond donors (Lipinski definition) is 1. The maximum absolute atomic E-state index is 13.8. The van der Waals surface area contributed by atoms with Gasteiger partial charge in [0, 0.05) is 32.7 Å². The van der Waals surface area contributed by atoms with Crippen molar-refractivity contribution in [3.05, 3.63) is 58.0 Å². The third-order valence-electron chi connectivity index (χ3n) is 4.48. The van der Waals surface area contributed by atoms with Gasteiger partial charge in [0.05, 0.1) is 11.6 Å². The molecule has 0 aliphatic carbocycles. The zero-order valence-corrected chi connectivity index (χ0v) is 14.6. The number of thiophene rings is 1. The molecule has 6 heteroatoms. The van der Waals surface area contributed by atoms with E-state index in [-0.39, 0.29) is 17.5 Å². The largest absolute Gasteiger partial charge is 0.350 e. The maximum Gasteiger partial charge on any atom is 0.254 e. The molecule has 2 heterocycles. The van der Waals surface area contributed by atoms with E-state index in [1.807, 2.05) is 0 Å². The lowest BCUT2D eigenvalue weighted by Crippen LogP contribution is -2.48. The molecule has 1 N–H and O–H groups in total. The standard InChI is InChI=1S/C18H22FN3OS/c1-21-7-9-22(10-8-21)17(14-6-11-24-13-14)12-20-18(23)15-4-2-3-5-16(15)19/h2-6,11,13,17H,7-10,12H2,1H3,(H,20,23)/t17-/m1/s1. The molecule has 1 aromatic carbocycles. The lowest BCUT2D eigenvalue weighted by molar-refractivity contribution is 0.0883. The summed E-state index contributed by atoms with van der Waals surface area (Å²) in [6.07, 6.45) is 0. The fourth-order valence-corrected chi connectivity index (χ4v) is 3.69. The SMILES string of the molecule is CN1CCN([C@H](CNC(=O)c2ccccc2F)c2ccsc2)CC1. The van der Waals surface area contributed by atoms with Crippen LogP contribution >= 0.6 is 11.3 Å². The van der Waals surface area contributed by atoms with Gasteiger partial charge >= 0.3 is 0 Å². The Morgan fingerprint density at radius 3 is 2.67 bits per heavy atom. The topological polar surface area (TPSA) is 35.6 Å². The molecule has 1 aromatic heterocycles. The summed E-state index contributed by atoms with van der Waals surface area (Å²) in [6, 6.07) is 8.31. The van der Waals surface area contributed by atoms with Gasteiger partial charge in [-0.15, -0.1) is 0 Å². The number of halogens is 1. The molecule has 4 nitrogen and oxygen atoms in total. The van der Waals surface area contributed by atoms with Crippen LogP contribution < -0.4 is 5.32 Å². The molecule has 24 heavy (non-hydrogen) atoms. The Kier molecular flexibility index (Phi) is 5.60. The quantitative estimate of drug-likeness (QED) is 0.903. The van der Waals surface area contributed by atoms with Gasteiger partial charge in [0.25, 0.3) is 5.91 Å². The van der Waals surface area contributed by atoms with Crippen LogP contribution in [0.2, 0.25) is 0 Å². The van der Waals surface area contributed by atoms with Crippen LogP contribution in [-0.2, 0) is 0 Å². The van der Waals surface area contributed by atoms with E-state index in [1.54, 1.807) is 23.5 Å². The van der Waals surface area contributed by atoms with Crippen LogP contribution in [-0.4, -0.2) is 55.5 Å². The van der Waals surface area contributed by atoms with E-state index in [1.165, 1.54) is 17.7 Å². The summed E-state index contributed by atoms with van der Waals surface area (Å²) in [4.78, 5) is 17.0. The van der Waals surface area contributed by atoms with Gasteiger partial charge in [-0.3, -0.25) is 9.69 Å². The molecule has 1 amide bonds. The molecule has 0 spiro atoms. The van der Waals surface area contributed by atoms with Crippen molar-refractivity contribution in [3.63, 3.8) is 0 Å². The highest BCUT2D eigenvalue weighted by Crippen LogP contribution is 2.23. The molecule has 1 saturated heterocycles. The molecular weight excluding hydrogens is 325 g/mol. The summed E-state index contributed by atoms with van der Waals surface area (Å²) < 4.78 is 13.8. The predicted octanol–water partition coefficient (Wildman–Crippen LogP) is 2.61. The summed E-state index contributed by atoms with van der Waals surface area (Å²) in [7, 11) is 2.12. The summed E-state index contributed by atoms with van der Waals surface area (Å²) in [5, 5.41) is 7.08. The van der Waals surface area contributed by atoms with Gasteiger partial charge in [0.2, 0.25) is 0 Å². The first kappa shape index (κ1) is 17.1. The van der Waals surface area contributed by atoms with Crippen LogP contribution in [0.3, 0.4) is 0 Å². The highest BCUT2D eigenvalue weighted by Gasteiger charge is 2.25. The van der Waals surface area contributed by atoms with E-state index in [0.29, 0.717) is 6.54 Å². The van der Waals surface area contributed by atoms with Crippen molar-refractivity contribution in [2.24, 2.45) is 0 Å². The molecule has 1 aliphatic heterocycles. The molecule has 0 radical (unpaired) electrons. The third kappa shape index (κ3) is 4.01. The van der Waals surface area contributed by atoms with Crippen molar-refractivity contribution >= 4 is 17.2 Å². The molecule has 1 fully saturated rings. The van der Waals surface area contributed by atoms with E-state index >= 15 is 0 Å². The van der Waals surface area contributed by atoms with Crippen molar-refractivity contribution in [3.8, 4) is 0 Å². The Hall–Kier alpha value is -1.76. The van der Waals surface area contributed by atoms with Gasteiger partial charge in [0.15, 0.2) is 0 Å². The minimum absolute atomic E-state index is 0.0972. The molecular formula is C18H22FN3OS. The number of amides is 1. The van der Waals surface area contributed by atoms with Gasteiger partial charge in [-0.1, -0.05) is 12.1 Å². The lowest BCUT2D eigenvalue weighted by atomic mass is 10.1. The van der Waals surface area contributed by atoms with Crippen LogP contribution in [0, 0.1) is 5.82 Å². The number of likely N-dealkylation sites (N-methyl/N-ethyl adjacent to an activating group) is 1.